The number of carboxylic acids is 2. The first-order valence-electron chi connectivity index (χ1n) is 8.96. The van der Waals surface area contributed by atoms with Gasteiger partial charge in [0.1, 0.15) is 0 Å². The van der Waals surface area contributed by atoms with Crippen LogP contribution >= 0.6 is 0 Å². The van der Waals surface area contributed by atoms with Gasteiger partial charge < -0.3 is 10.2 Å². The number of aromatic carboxylic acids is 2. The molecule has 26 heavy (non-hydrogen) atoms. The fourth-order valence-electron chi connectivity index (χ4n) is 2.59. The minimum Gasteiger partial charge on any atom is -0.478 e. The Morgan fingerprint density at radius 2 is 0.923 bits per heavy atom. The second kappa shape index (κ2) is 11.9. The molecule has 1 aliphatic carbocycles. The molecule has 0 heterocycles. The lowest BCUT2D eigenvalue weighted by atomic mass is 9.84. The molecule has 1 saturated carbocycles. The van der Waals surface area contributed by atoms with Crippen LogP contribution in [0.4, 0.5) is 0 Å². The Hall–Kier alpha value is -2.62. The van der Waals surface area contributed by atoms with Crippen molar-refractivity contribution in [3.63, 3.8) is 0 Å². The third kappa shape index (κ3) is 9.02. The quantitative estimate of drug-likeness (QED) is 0.734. The number of carboxylic acid groups (broad SMARTS) is 2. The minimum atomic E-state index is -0.879. The van der Waals surface area contributed by atoms with Crippen molar-refractivity contribution in [2.24, 2.45) is 11.8 Å². The summed E-state index contributed by atoms with van der Waals surface area (Å²) in [4.78, 5) is 20.4. The van der Waals surface area contributed by atoms with E-state index in [1.807, 2.05) is 0 Å². The summed E-state index contributed by atoms with van der Waals surface area (Å²) in [6.07, 6.45) is 5.89. The molecule has 2 aromatic rings. The molecule has 140 valence electrons. The lowest BCUT2D eigenvalue weighted by Crippen LogP contribution is -2.08. The average molecular weight is 356 g/mol. The molecule has 0 aliphatic heterocycles. The van der Waals surface area contributed by atoms with Gasteiger partial charge in [-0.15, -0.1) is 0 Å². The van der Waals surface area contributed by atoms with Gasteiger partial charge in [-0.25, -0.2) is 9.59 Å². The Morgan fingerprint density at radius 1 is 0.654 bits per heavy atom. The molecule has 1 aliphatic rings. The molecule has 0 saturated heterocycles. The zero-order valence-electron chi connectivity index (χ0n) is 15.5. The number of hydrogen-bond donors (Lipinski definition) is 2. The summed E-state index contributed by atoms with van der Waals surface area (Å²) in [5.41, 5.74) is 0.662. The van der Waals surface area contributed by atoms with E-state index in [0.29, 0.717) is 11.1 Å². The van der Waals surface area contributed by atoms with Gasteiger partial charge in [-0.1, -0.05) is 75.9 Å². The fourth-order valence-corrected chi connectivity index (χ4v) is 2.59. The third-order valence-electron chi connectivity index (χ3n) is 4.35. The van der Waals surface area contributed by atoms with Gasteiger partial charge in [-0.3, -0.25) is 0 Å². The zero-order chi connectivity index (χ0) is 19.4. The van der Waals surface area contributed by atoms with Crippen LogP contribution in [-0.2, 0) is 0 Å². The molecule has 4 heteroatoms. The molecular formula is C22H28O4. The first-order chi connectivity index (χ1) is 12.4. The SMILES string of the molecule is CC1CCC(C)CC1.O=C(O)c1ccccc1.O=C(O)c1ccccc1. The van der Waals surface area contributed by atoms with Crippen LogP contribution in [0.15, 0.2) is 60.7 Å². The molecular weight excluding hydrogens is 328 g/mol. The van der Waals surface area contributed by atoms with Crippen LogP contribution in [0.25, 0.3) is 0 Å². The summed E-state index contributed by atoms with van der Waals surface area (Å²) in [7, 11) is 0. The van der Waals surface area contributed by atoms with Gasteiger partial charge in [0.25, 0.3) is 0 Å². The highest BCUT2D eigenvalue weighted by molar-refractivity contribution is 5.87. The van der Waals surface area contributed by atoms with Crippen LogP contribution in [0.2, 0.25) is 0 Å². The van der Waals surface area contributed by atoms with Crippen LogP contribution in [0.1, 0.15) is 60.2 Å². The van der Waals surface area contributed by atoms with Crippen molar-refractivity contribution in [3.8, 4) is 0 Å². The maximum absolute atomic E-state index is 10.2. The normalized spacial score (nSPS) is 18.4. The van der Waals surface area contributed by atoms with E-state index in [-0.39, 0.29) is 0 Å². The van der Waals surface area contributed by atoms with Crippen molar-refractivity contribution in [2.75, 3.05) is 0 Å². The van der Waals surface area contributed by atoms with Crippen LogP contribution in [-0.4, -0.2) is 22.2 Å². The second-order valence-electron chi connectivity index (χ2n) is 6.71. The predicted octanol–water partition coefficient (Wildman–Crippen LogP) is 5.60. The molecule has 0 unspecified atom stereocenters. The maximum Gasteiger partial charge on any atom is 0.335 e. The van der Waals surface area contributed by atoms with Gasteiger partial charge in [-0.2, -0.15) is 0 Å². The van der Waals surface area contributed by atoms with Crippen LogP contribution < -0.4 is 0 Å². The van der Waals surface area contributed by atoms with Crippen molar-refractivity contribution in [1.29, 1.82) is 0 Å². The summed E-state index contributed by atoms with van der Waals surface area (Å²) < 4.78 is 0. The number of benzene rings is 2. The Balaban J connectivity index is 0.000000195. The molecule has 0 spiro atoms. The number of rotatable bonds is 2. The van der Waals surface area contributed by atoms with Crippen LogP contribution in [0.3, 0.4) is 0 Å². The molecule has 2 aromatic carbocycles. The molecule has 1 fully saturated rings. The zero-order valence-corrected chi connectivity index (χ0v) is 15.5. The van der Waals surface area contributed by atoms with E-state index in [9.17, 15) is 9.59 Å². The van der Waals surface area contributed by atoms with E-state index in [1.165, 1.54) is 25.7 Å². The molecule has 0 aromatic heterocycles. The van der Waals surface area contributed by atoms with Crippen molar-refractivity contribution in [3.05, 3.63) is 71.8 Å². The Morgan fingerprint density at radius 3 is 1.12 bits per heavy atom. The summed E-state index contributed by atoms with van der Waals surface area (Å²) >= 11 is 0. The second-order valence-corrected chi connectivity index (χ2v) is 6.71. The van der Waals surface area contributed by atoms with E-state index in [0.717, 1.165) is 11.8 Å². The van der Waals surface area contributed by atoms with Gasteiger partial charge in [-0.05, 0) is 36.1 Å². The standard InChI is InChI=1S/C8H16.2C7H6O2/c1-7-3-5-8(2)6-4-7;2*8-7(9)6-4-2-1-3-5-6/h7-8H,3-6H2,1-2H3;2*1-5H,(H,8,9). The van der Waals surface area contributed by atoms with Crippen molar-refractivity contribution in [2.45, 2.75) is 39.5 Å². The van der Waals surface area contributed by atoms with Crippen LogP contribution in [0, 0.1) is 11.8 Å². The van der Waals surface area contributed by atoms with Crippen molar-refractivity contribution in [1.82, 2.24) is 0 Å². The lowest BCUT2D eigenvalue weighted by Gasteiger charge is -2.22. The van der Waals surface area contributed by atoms with Crippen molar-refractivity contribution >= 4 is 11.9 Å². The van der Waals surface area contributed by atoms with Gasteiger partial charge >= 0.3 is 11.9 Å². The molecule has 4 nitrogen and oxygen atoms in total. The largest absolute Gasteiger partial charge is 0.478 e. The van der Waals surface area contributed by atoms with Gasteiger partial charge in [0.2, 0.25) is 0 Å². The summed E-state index contributed by atoms with van der Waals surface area (Å²) in [6, 6.07) is 16.6. The highest BCUT2D eigenvalue weighted by Gasteiger charge is 2.13. The smallest absolute Gasteiger partial charge is 0.335 e. The summed E-state index contributed by atoms with van der Waals surface area (Å²) in [6.45, 7) is 4.73. The van der Waals surface area contributed by atoms with Gasteiger partial charge in [0.15, 0.2) is 0 Å². The van der Waals surface area contributed by atoms with E-state index in [2.05, 4.69) is 13.8 Å². The molecule has 0 radical (unpaired) electrons. The van der Waals surface area contributed by atoms with E-state index in [4.69, 9.17) is 10.2 Å². The van der Waals surface area contributed by atoms with Crippen molar-refractivity contribution < 1.29 is 19.8 Å². The Labute approximate surface area is 155 Å². The van der Waals surface area contributed by atoms with E-state index < -0.39 is 11.9 Å². The monoisotopic (exact) mass is 356 g/mol. The fraction of sp³-hybridized carbons (Fsp3) is 0.364. The van der Waals surface area contributed by atoms with E-state index >= 15 is 0 Å². The predicted molar refractivity (Wildman–Crippen MR) is 104 cm³/mol. The molecule has 0 bridgehead atoms. The third-order valence-corrected chi connectivity index (χ3v) is 4.35. The maximum atomic E-state index is 10.2. The van der Waals surface area contributed by atoms with Gasteiger partial charge in [0.05, 0.1) is 11.1 Å². The first kappa shape index (κ1) is 21.4. The number of carbonyl (C=O) groups is 2. The highest BCUT2D eigenvalue weighted by atomic mass is 16.4. The molecule has 0 amide bonds. The molecule has 2 N–H and O–H groups in total. The summed E-state index contributed by atoms with van der Waals surface area (Å²) in [5, 5.41) is 16.8. The molecule has 0 atom stereocenters. The lowest BCUT2D eigenvalue weighted by molar-refractivity contribution is 0.0686. The first-order valence-corrected chi connectivity index (χ1v) is 8.96. The van der Waals surface area contributed by atoms with E-state index in [1.54, 1.807) is 60.7 Å². The van der Waals surface area contributed by atoms with Crippen LogP contribution in [0.5, 0.6) is 0 Å². The average Bonchev–Trinajstić information content (AvgIpc) is 2.66. The molecule has 3 rings (SSSR count). The Bertz CT molecular complexity index is 585. The van der Waals surface area contributed by atoms with Gasteiger partial charge in [0, 0.05) is 0 Å². The topological polar surface area (TPSA) is 74.6 Å². The minimum absolute atomic E-state index is 0.331. The summed E-state index contributed by atoms with van der Waals surface area (Å²) in [5.74, 6) is 0.281. The Kier molecular flexibility index (Phi) is 9.77. The number of hydrogen-bond acceptors (Lipinski definition) is 2. The highest BCUT2D eigenvalue weighted by Crippen LogP contribution is 2.27.